The van der Waals surface area contributed by atoms with Crippen molar-refractivity contribution in [3.8, 4) is 11.5 Å². The SMILES string of the molecule is COc1cc(C(C)O)cc2c1OC(C)C2. The molecule has 0 aliphatic carbocycles. The van der Waals surface area contributed by atoms with Gasteiger partial charge < -0.3 is 14.6 Å². The number of hydrogen-bond donors (Lipinski definition) is 1. The summed E-state index contributed by atoms with van der Waals surface area (Å²) in [7, 11) is 1.62. The van der Waals surface area contributed by atoms with Gasteiger partial charge in [0.1, 0.15) is 6.10 Å². The first-order valence-electron chi connectivity index (χ1n) is 5.17. The number of benzene rings is 1. The number of rotatable bonds is 2. The molecule has 2 rings (SSSR count). The van der Waals surface area contributed by atoms with Gasteiger partial charge in [0.25, 0.3) is 0 Å². The minimum absolute atomic E-state index is 0.193. The molecule has 2 unspecified atom stereocenters. The number of aliphatic hydroxyl groups is 1. The second kappa shape index (κ2) is 3.74. The van der Waals surface area contributed by atoms with Crippen LogP contribution in [0.15, 0.2) is 12.1 Å². The highest BCUT2D eigenvalue weighted by Gasteiger charge is 2.24. The number of methoxy groups -OCH3 is 1. The Morgan fingerprint density at radius 3 is 2.87 bits per heavy atom. The average molecular weight is 208 g/mol. The van der Waals surface area contributed by atoms with E-state index in [2.05, 4.69) is 0 Å². The zero-order valence-corrected chi connectivity index (χ0v) is 9.28. The molecule has 0 amide bonds. The molecule has 0 spiro atoms. The normalized spacial score (nSPS) is 20.7. The maximum atomic E-state index is 9.54. The Kier molecular flexibility index (Phi) is 2.57. The molecule has 3 nitrogen and oxygen atoms in total. The molecule has 0 bridgehead atoms. The highest BCUT2D eigenvalue weighted by Crippen LogP contribution is 2.39. The van der Waals surface area contributed by atoms with Gasteiger partial charge in [0.15, 0.2) is 11.5 Å². The van der Waals surface area contributed by atoms with E-state index in [4.69, 9.17) is 9.47 Å². The zero-order chi connectivity index (χ0) is 11.0. The van der Waals surface area contributed by atoms with Gasteiger partial charge in [-0.25, -0.2) is 0 Å². The molecule has 0 saturated heterocycles. The Hall–Kier alpha value is -1.22. The standard InChI is InChI=1S/C12H16O3/c1-7-4-10-5-9(8(2)13)6-11(14-3)12(10)15-7/h5-8,13H,4H2,1-3H3. The molecular weight excluding hydrogens is 192 g/mol. The quantitative estimate of drug-likeness (QED) is 0.808. The molecule has 1 aromatic rings. The first-order valence-corrected chi connectivity index (χ1v) is 5.17. The third-order valence-corrected chi connectivity index (χ3v) is 2.68. The highest BCUT2D eigenvalue weighted by atomic mass is 16.5. The number of fused-ring (bicyclic) bond motifs is 1. The first kappa shape index (κ1) is 10.3. The van der Waals surface area contributed by atoms with Gasteiger partial charge in [0.05, 0.1) is 13.2 Å². The van der Waals surface area contributed by atoms with E-state index >= 15 is 0 Å². The van der Waals surface area contributed by atoms with Crippen LogP contribution in [0.5, 0.6) is 11.5 Å². The van der Waals surface area contributed by atoms with Gasteiger partial charge in [-0.2, -0.15) is 0 Å². The maximum Gasteiger partial charge on any atom is 0.164 e. The lowest BCUT2D eigenvalue weighted by molar-refractivity contribution is 0.198. The Bertz CT molecular complexity index is 371. The van der Waals surface area contributed by atoms with E-state index in [-0.39, 0.29) is 6.10 Å². The Morgan fingerprint density at radius 1 is 1.53 bits per heavy atom. The monoisotopic (exact) mass is 208 g/mol. The van der Waals surface area contributed by atoms with Crippen molar-refractivity contribution < 1.29 is 14.6 Å². The van der Waals surface area contributed by atoms with Crippen molar-refractivity contribution in [3.63, 3.8) is 0 Å². The van der Waals surface area contributed by atoms with Gasteiger partial charge in [-0.1, -0.05) is 0 Å². The molecule has 1 aliphatic heterocycles. The summed E-state index contributed by atoms with van der Waals surface area (Å²) in [5.41, 5.74) is 2.00. The van der Waals surface area contributed by atoms with Crippen LogP contribution in [0.3, 0.4) is 0 Å². The van der Waals surface area contributed by atoms with Crippen LogP contribution in [0, 0.1) is 0 Å². The molecule has 3 heteroatoms. The van der Waals surface area contributed by atoms with Crippen LogP contribution in [-0.4, -0.2) is 18.3 Å². The largest absolute Gasteiger partial charge is 0.493 e. The van der Waals surface area contributed by atoms with Crippen LogP contribution in [0.2, 0.25) is 0 Å². The highest BCUT2D eigenvalue weighted by molar-refractivity contribution is 5.52. The van der Waals surface area contributed by atoms with Crippen molar-refractivity contribution in [1.29, 1.82) is 0 Å². The van der Waals surface area contributed by atoms with Gasteiger partial charge in [-0.15, -0.1) is 0 Å². The predicted molar refractivity (Wildman–Crippen MR) is 57.4 cm³/mol. The van der Waals surface area contributed by atoms with Gasteiger partial charge in [-0.3, -0.25) is 0 Å². The number of hydrogen-bond acceptors (Lipinski definition) is 3. The lowest BCUT2D eigenvalue weighted by atomic mass is 10.0. The summed E-state index contributed by atoms with van der Waals surface area (Å²) < 4.78 is 10.9. The Balaban J connectivity index is 2.47. The van der Waals surface area contributed by atoms with E-state index in [1.54, 1.807) is 14.0 Å². The molecule has 82 valence electrons. The molecule has 1 heterocycles. The van der Waals surface area contributed by atoms with Gasteiger partial charge in [0.2, 0.25) is 0 Å². The third-order valence-electron chi connectivity index (χ3n) is 2.68. The number of ether oxygens (including phenoxy) is 2. The predicted octanol–water partition coefficient (Wildman–Crippen LogP) is 2.07. The van der Waals surface area contributed by atoms with Crippen molar-refractivity contribution in [2.24, 2.45) is 0 Å². The molecule has 2 atom stereocenters. The van der Waals surface area contributed by atoms with Gasteiger partial charge in [-0.05, 0) is 31.5 Å². The summed E-state index contributed by atoms with van der Waals surface area (Å²) in [6.45, 7) is 3.78. The van der Waals surface area contributed by atoms with Crippen molar-refractivity contribution in [2.45, 2.75) is 32.5 Å². The molecule has 0 fully saturated rings. The summed E-state index contributed by atoms with van der Waals surface area (Å²) in [6.07, 6.45) is 0.602. The summed E-state index contributed by atoms with van der Waals surface area (Å²) in [6, 6.07) is 3.83. The summed E-state index contributed by atoms with van der Waals surface area (Å²) in [4.78, 5) is 0. The second-order valence-electron chi connectivity index (χ2n) is 4.02. The van der Waals surface area contributed by atoms with Crippen molar-refractivity contribution >= 4 is 0 Å². The van der Waals surface area contributed by atoms with E-state index in [1.807, 2.05) is 19.1 Å². The Morgan fingerprint density at radius 2 is 2.27 bits per heavy atom. The lowest BCUT2D eigenvalue weighted by Crippen LogP contribution is -2.05. The smallest absolute Gasteiger partial charge is 0.164 e. The fraction of sp³-hybridized carbons (Fsp3) is 0.500. The molecule has 1 N–H and O–H groups in total. The second-order valence-corrected chi connectivity index (χ2v) is 4.02. The van der Waals surface area contributed by atoms with E-state index in [0.717, 1.165) is 23.3 Å². The fourth-order valence-electron chi connectivity index (χ4n) is 1.91. The molecule has 15 heavy (non-hydrogen) atoms. The van der Waals surface area contributed by atoms with Crippen LogP contribution in [-0.2, 0) is 6.42 Å². The van der Waals surface area contributed by atoms with E-state index in [9.17, 15) is 5.11 Å². The first-order chi connectivity index (χ1) is 7.11. The van der Waals surface area contributed by atoms with Crippen LogP contribution in [0.4, 0.5) is 0 Å². The summed E-state index contributed by atoms with van der Waals surface area (Å²) in [5, 5.41) is 9.54. The molecule has 1 aliphatic rings. The minimum Gasteiger partial charge on any atom is -0.493 e. The van der Waals surface area contributed by atoms with Crippen LogP contribution in [0.1, 0.15) is 31.1 Å². The topological polar surface area (TPSA) is 38.7 Å². The summed E-state index contributed by atoms with van der Waals surface area (Å²) >= 11 is 0. The van der Waals surface area contributed by atoms with Crippen molar-refractivity contribution in [1.82, 2.24) is 0 Å². The number of aliphatic hydroxyl groups excluding tert-OH is 1. The third kappa shape index (κ3) is 1.79. The zero-order valence-electron chi connectivity index (χ0n) is 9.28. The van der Waals surface area contributed by atoms with Crippen LogP contribution in [0.25, 0.3) is 0 Å². The van der Waals surface area contributed by atoms with Gasteiger partial charge in [0, 0.05) is 12.0 Å². The summed E-state index contributed by atoms with van der Waals surface area (Å²) in [5.74, 6) is 1.54. The molecule has 0 saturated carbocycles. The van der Waals surface area contributed by atoms with E-state index < -0.39 is 6.10 Å². The Labute approximate surface area is 89.6 Å². The molecule has 1 aromatic carbocycles. The van der Waals surface area contributed by atoms with E-state index in [0.29, 0.717) is 5.75 Å². The average Bonchev–Trinajstić information content (AvgIpc) is 2.56. The van der Waals surface area contributed by atoms with Crippen LogP contribution >= 0.6 is 0 Å². The van der Waals surface area contributed by atoms with Crippen molar-refractivity contribution in [2.75, 3.05) is 7.11 Å². The molecule has 0 radical (unpaired) electrons. The maximum absolute atomic E-state index is 9.54. The fourth-order valence-corrected chi connectivity index (χ4v) is 1.91. The minimum atomic E-state index is -0.472. The van der Waals surface area contributed by atoms with E-state index in [1.165, 1.54) is 0 Å². The molecular formula is C12H16O3. The van der Waals surface area contributed by atoms with Gasteiger partial charge >= 0.3 is 0 Å². The lowest BCUT2D eigenvalue weighted by Gasteiger charge is -2.11. The molecule has 0 aromatic heterocycles. The van der Waals surface area contributed by atoms with Crippen LogP contribution < -0.4 is 9.47 Å². The van der Waals surface area contributed by atoms with Crippen molar-refractivity contribution in [3.05, 3.63) is 23.3 Å².